The molecule has 0 heterocycles. The van der Waals surface area contributed by atoms with Crippen LogP contribution < -0.4 is 0 Å². The molecule has 0 bridgehead atoms. The molecule has 0 spiro atoms. The van der Waals surface area contributed by atoms with E-state index in [9.17, 15) is 0 Å². The molecule has 0 aliphatic rings. The summed E-state index contributed by atoms with van der Waals surface area (Å²) in [6.45, 7) is 15.2. The van der Waals surface area contributed by atoms with E-state index in [2.05, 4.69) is 18.3 Å². The van der Waals surface area contributed by atoms with E-state index < -0.39 is 0 Å². The Morgan fingerprint density at radius 1 is 1.30 bits per heavy atom. The summed E-state index contributed by atoms with van der Waals surface area (Å²) in [6, 6.07) is 3.65. The summed E-state index contributed by atoms with van der Waals surface area (Å²) >= 11 is 12.1. The van der Waals surface area contributed by atoms with Gasteiger partial charge in [-0.15, -0.1) is 0 Å². The van der Waals surface area contributed by atoms with Crippen LogP contribution in [0.15, 0.2) is 41.2 Å². The first kappa shape index (κ1) is 18.8. The molecule has 0 aliphatic carbocycles. The van der Waals surface area contributed by atoms with Crippen molar-refractivity contribution in [2.45, 2.75) is 34.3 Å². The highest BCUT2D eigenvalue weighted by molar-refractivity contribution is 6.36. The fourth-order valence-electron chi connectivity index (χ4n) is 1.28. The van der Waals surface area contributed by atoms with E-state index in [1.807, 2.05) is 39.8 Å². The van der Waals surface area contributed by atoms with Crippen molar-refractivity contribution in [3.05, 3.63) is 57.4 Å². The van der Waals surface area contributed by atoms with E-state index >= 15 is 0 Å². The van der Waals surface area contributed by atoms with Crippen LogP contribution in [0.25, 0.3) is 0 Å². The topological polar surface area (TPSA) is 21.6 Å². The Bertz CT molecular complexity index is 484. The smallest absolute Gasteiger partial charge is 0.213 e. The molecule has 2 nitrogen and oxygen atoms in total. The highest BCUT2D eigenvalue weighted by Gasteiger charge is 2.05. The van der Waals surface area contributed by atoms with Gasteiger partial charge in [0.2, 0.25) is 5.88 Å². The second-order valence-corrected chi connectivity index (χ2v) is 4.77. The van der Waals surface area contributed by atoms with Crippen LogP contribution in [0.1, 0.15) is 31.9 Å². The summed E-state index contributed by atoms with van der Waals surface area (Å²) in [7, 11) is 0. The molecule has 0 saturated heterocycles. The van der Waals surface area contributed by atoms with Crippen LogP contribution in [-0.2, 0) is 11.3 Å². The van der Waals surface area contributed by atoms with Gasteiger partial charge in [0.05, 0.1) is 0 Å². The van der Waals surface area contributed by atoms with Crippen molar-refractivity contribution in [3.8, 4) is 0 Å². The molecule has 1 rings (SSSR count). The zero-order valence-electron chi connectivity index (χ0n) is 12.5. The average molecular weight is 314 g/mol. The largest absolute Gasteiger partial charge is 0.473 e. The van der Waals surface area contributed by atoms with Crippen LogP contribution in [0.5, 0.6) is 0 Å². The Kier molecular flexibility index (Phi) is 9.02. The highest BCUT2D eigenvalue weighted by Crippen LogP contribution is 2.26. The fraction of sp³-hybridized carbons (Fsp3) is 0.312. The van der Waals surface area contributed by atoms with Gasteiger partial charge in [-0.25, -0.2) is 4.99 Å². The molecule has 1 aromatic rings. The van der Waals surface area contributed by atoms with Crippen LogP contribution in [0.2, 0.25) is 10.0 Å². The number of aliphatic imine (C=N–C) groups is 1. The molecule has 0 saturated carbocycles. The van der Waals surface area contributed by atoms with Gasteiger partial charge in [0.25, 0.3) is 0 Å². The van der Waals surface area contributed by atoms with Gasteiger partial charge in [-0.3, -0.25) is 0 Å². The molecule has 1 aromatic carbocycles. The Balaban J connectivity index is 0.00000172. The summed E-state index contributed by atoms with van der Waals surface area (Å²) in [5.74, 6) is 0.426. The summed E-state index contributed by atoms with van der Waals surface area (Å²) in [6.07, 6.45) is 1.71. The van der Waals surface area contributed by atoms with Crippen LogP contribution in [-0.4, -0.2) is 6.72 Å². The average Bonchev–Trinajstić information content (AvgIpc) is 2.42. The van der Waals surface area contributed by atoms with E-state index in [0.29, 0.717) is 22.5 Å². The molecule has 0 aromatic heterocycles. The number of rotatable bonds is 5. The minimum absolute atomic E-state index is 0.331. The van der Waals surface area contributed by atoms with E-state index in [1.165, 1.54) is 0 Å². The first-order chi connectivity index (χ1) is 9.43. The van der Waals surface area contributed by atoms with Crippen molar-refractivity contribution < 1.29 is 4.74 Å². The fourth-order valence-corrected chi connectivity index (χ4v) is 1.81. The van der Waals surface area contributed by atoms with Gasteiger partial charge in [0, 0.05) is 16.1 Å². The maximum atomic E-state index is 6.05. The van der Waals surface area contributed by atoms with Gasteiger partial charge in [0.15, 0.2) is 0 Å². The van der Waals surface area contributed by atoms with Crippen LogP contribution in [0.3, 0.4) is 0 Å². The van der Waals surface area contributed by atoms with Crippen molar-refractivity contribution in [1.82, 2.24) is 0 Å². The third kappa shape index (κ3) is 6.27. The van der Waals surface area contributed by atoms with Crippen molar-refractivity contribution in [3.63, 3.8) is 0 Å². The Labute approximate surface area is 131 Å². The zero-order chi connectivity index (χ0) is 15.7. The van der Waals surface area contributed by atoms with E-state index in [1.54, 1.807) is 6.08 Å². The normalized spacial score (nSPS) is 10.4. The standard InChI is InChI=1S/C14H15Cl2NO.C2H6/c1-9(2)5-14(17-4)18-8-11-6-12(15)10(3)13(16)7-11;1-2/h5-7H,1,4,8H2,2-3H3;1-2H3/b14-5+;. The summed E-state index contributed by atoms with van der Waals surface area (Å²) < 4.78 is 5.49. The maximum Gasteiger partial charge on any atom is 0.213 e. The van der Waals surface area contributed by atoms with Crippen LogP contribution in [0.4, 0.5) is 0 Å². The molecular formula is C16H21Cl2NO. The predicted molar refractivity (Wildman–Crippen MR) is 89.8 cm³/mol. The number of allylic oxidation sites excluding steroid dienone is 2. The van der Waals surface area contributed by atoms with E-state index in [-0.39, 0.29) is 0 Å². The monoisotopic (exact) mass is 313 g/mol. The minimum atomic E-state index is 0.331. The third-order valence-corrected chi connectivity index (χ3v) is 3.04. The molecule has 0 N–H and O–H groups in total. The second-order valence-electron chi connectivity index (χ2n) is 3.96. The number of nitrogens with zero attached hydrogens (tertiary/aromatic N) is 1. The molecule has 110 valence electrons. The molecule has 0 radical (unpaired) electrons. The molecule has 0 aliphatic heterocycles. The SMILES string of the molecule is C=N/C(=C\C(=C)C)OCc1cc(Cl)c(C)c(Cl)c1.CC. The van der Waals surface area contributed by atoms with Gasteiger partial charge < -0.3 is 4.74 Å². The summed E-state index contributed by atoms with van der Waals surface area (Å²) in [5, 5.41) is 1.25. The lowest BCUT2D eigenvalue weighted by atomic mass is 10.1. The van der Waals surface area contributed by atoms with E-state index in [0.717, 1.165) is 16.7 Å². The number of ether oxygens (including phenoxy) is 1. The quantitative estimate of drug-likeness (QED) is 0.373. The molecule has 0 atom stereocenters. The van der Waals surface area contributed by atoms with Crippen LogP contribution >= 0.6 is 23.2 Å². The zero-order valence-corrected chi connectivity index (χ0v) is 14.0. The second kappa shape index (κ2) is 9.62. The predicted octanol–water partition coefficient (Wildman–Crippen LogP) is 5.96. The van der Waals surface area contributed by atoms with E-state index in [4.69, 9.17) is 27.9 Å². The Hall–Kier alpha value is -1.25. The maximum absolute atomic E-state index is 6.05. The van der Waals surface area contributed by atoms with Crippen molar-refractivity contribution in [1.29, 1.82) is 0 Å². The molecule has 0 amide bonds. The number of hydrogen-bond donors (Lipinski definition) is 0. The van der Waals surface area contributed by atoms with Gasteiger partial charge in [-0.2, -0.15) is 0 Å². The van der Waals surface area contributed by atoms with Gasteiger partial charge in [-0.1, -0.05) is 49.2 Å². The Morgan fingerprint density at radius 2 is 1.80 bits per heavy atom. The van der Waals surface area contributed by atoms with Crippen molar-refractivity contribution in [2.75, 3.05) is 0 Å². The van der Waals surface area contributed by atoms with Crippen LogP contribution in [0, 0.1) is 6.92 Å². The lowest BCUT2D eigenvalue weighted by Crippen LogP contribution is -1.93. The first-order valence-corrected chi connectivity index (χ1v) is 7.11. The number of halogens is 2. The molecule has 4 heteroatoms. The van der Waals surface area contributed by atoms with Crippen molar-refractivity contribution >= 4 is 29.9 Å². The lowest BCUT2D eigenvalue weighted by Gasteiger charge is -2.09. The number of benzene rings is 1. The highest BCUT2D eigenvalue weighted by atomic mass is 35.5. The van der Waals surface area contributed by atoms with Gasteiger partial charge >= 0.3 is 0 Å². The molecule has 0 unspecified atom stereocenters. The Morgan fingerprint density at radius 3 is 2.20 bits per heavy atom. The summed E-state index contributed by atoms with van der Waals surface area (Å²) in [5.41, 5.74) is 2.59. The minimum Gasteiger partial charge on any atom is -0.473 e. The molecular weight excluding hydrogens is 293 g/mol. The molecule has 20 heavy (non-hydrogen) atoms. The molecule has 0 fully saturated rings. The van der Waals surface area contributed by atoms with Gasteiger partial charge in [0.1, 0.15) is 6.61 Å². The number of hydrogen-bond acceptors (Lipinski definition) is 2. The summed E-state index contributed by atoms with van der Waals surface area (Å²) in [4.78, 5) is 3.77. The third-order valence-electron chi connectivity index (χ3n) is 2.25. The van der Waals surface area contributed by atoms with Crippen molar-refractivity contribution in [2.24, 2.45) is 4.99 Å². The lowest BCUT2D eigenvalue weighted by molar-refractivity contribution is 0.197. The van der Waals surface area contributed by atoms with Gasteiger partial charge in [-0.05, 0) is 43.8 Å². The first-order valence-electron chi connectivity index (χ1n) is 6.35.